The fourth-order valence-electron chi connectivity index (χ4n) is 1.77. The first kappa shape index (κ1) is 15.4. The van der Waals surface area contributed by atoms with Gasteiger partial charge in [-0.3, -0.25) is 4.99 Å². The van der Waals surface area contributed by atoms with Crippen LogP contribution in [-0.2, 0) is 9.47 Å². The number of rotatable bonds is 4. The Morgan fingerprint density at radius 3 is 1.73 bits per heavy atom. The highest BCUT2D eigenvalue weighted by Gasteiger charge is 2.04. The molecule has 5 heteroatoms. The van der Waals surface area contributed by atoms with Gasteiger partial charge in [0.2, 0.25) is 0 Å². The zero-order valence-corrected chi connectivity index (χ0v) is 12.3. The van der Waals surface area contributed by atoms with Crippen LogP contribution in [0.5, 0.6) is 0 Å². The first-order valence-electron chi connectivity index (χ1n) is 6.55. The second-order valence-electron chi connectivity index (χ2n) is 4.41. The van der Waals surface area contributed by atoms with Crippen LogP contribution in [0, 0.1) is 0 Å². The fourth-order valence-corrected chi connectivity index (χ4v) is 1.77. The maximum atomic E-state index is 11.3. The van der Waals surface area contributed by atoms with Gasteiger partial charge in [-0.1, -0.05) is 12.1 Å². The Kier molecular flexibility index (Phi) is 5.03. The summed E-state index contributed by atoms with van der Waals surface area (Å²) in [5.74, 6) is -0.754. The van der Waals surface area contributed by atoms with Crippen molar-refractivity contribution >= 4 is 23.8 Å². The largest absolute Gasteiger partial charge is 0.465 e. The van der Waals surface area contributed by atoms with Crippen molar-refractivity contribution in [1.82, 2.24) is 0 Å². The molecular weight excluding hydrogens is 282 g/mol. The Morgan fingerprint density at radius 1 is 0.818 bits per heavy atom. The molecule has 112 valence electrons. The highest BCUT2D eigenvalue weighted by Crippen LogP contribution is 2.14. The minimum absolute atomic E-state index is 0.373. The van der Waals surface area contributed by atoms with Gasteiger partial charge >= 0.3 is 11.9 Å². The van der Waals surface area contributed by atoms with Gasteiger partial charge in [0.05, 0.1) is 31.0 Å². The molecule has 0 aromatic heterocycles. The fraction of sp³-hybridized carbons (Fsp3) is 0.118. The second-order valence-corrected chi connectivity index (χ2v) is 4.41. The molecule has 0 spiro atoms. The van der Waals surface area contributed by atoms with E-state index >= 15 is 0 Å². The van der Waals surface area contributed by atoms with Crippen LogP contribution in [0.3, 0.4) is 0 Å². The van der Waals surface area contributed by atoms with Crippen molar-refractivity contribution < 1.29 is 19.1 Å². The molecule has 0 radical (unpaired) electrons. The van der Waals surface area contributed by atoms with Gasteiger partial charge in [-0.15, -0.1) is 0 Å². The summed E-state index contributed by atoms with van der Waals surface area (Å²) in [5, 5.41) is 0. The maximum Gasteiger partial charge on any atom is 0.337 e. The first-order chi connectivity index (χ1) is 10.6. The molecule has 0 atom stereocenters. The van der Waals surface area contributed by atoms with E-state index in [9.17, 15) is 9.59 Å². The highest BCUT2D eigenvalue weighted by atomic mass is 16.5. The molecule has 0 heterocycles. The van der Waals surface area contributed by atoms with Gasteiger partial charge in [-0.2, -0.15) is 0 Å². The van der Waals surface area contributed by atoms with Crippen molar-refractivity contribution in [2.24, 2.45) is 4.99 Å². The monoisotopic (exact) mass is 297 g/mol. The lowest BCUT2D eigenvalue weighted by Gasteiger charge is -2.00. The number of methoxy groups -OCH3 is 2. The summed E-state index contributed by atoms with van der Waals surface area (Å²) in [6.07, 6.45) is 1.67. The van der Waals surface area contributed by atoms with Crippen LogP contribution in [0.4, 0.5) is 5.69 Å². The summed E-state index contributed by atoms with van der Waals surface area (Å²) in [5.41, 5.74) is 2.53. The lowest BCUT2D eigenvalue weighted by atomic mass is 10.1. The maximum absolute atomic E-state index is 11.3. The van der Waals surface area contributed by atoms with E-state index in [1.165, 1.54) is 14.2 Å². The van der Waals surface area contributed by atoms with Crippen LogP contribution in [0.1, 0.15) is 26.3 Å². The van der Waals surface area contributed by atoms with Crippen molar-refractivity contribution in [2.45, 2.75) is 0 Å². The average molecular weight is 297 g/mol. The van der Waals surface area contributed by atoms with E-state index in [4.69, 9.17) is 0 Å². The molecule has 0 amide bonds. The summed E-state index contributed by atoms with van der Waals surface area (Å²) in [6.45, 7) is 0. The molecule has 0 aliphatic carbocycles. The molecule has 0 fully saturated rings. The number of carbonyl (C=O) groups is 2. The van der Waals surface area contributed by atoms with Crippen LogP contribution in [0.25, 0.3) is 0 Å². The average Bonchev–Trinajstić information content (AvgIpc) is 2.59. The summed E-state index contributed by atoms with van der Waals surface area (Å²) in [6, 6.07) is 13.7. The first-order valence-corrected chi connectivity index (χ1v) is 6.55. The van der Waals surface area contributed by atoms with Gasteiger partial charge < -0.3 is 9.47 Å². The third-order valence-electron chi connectivity index (χ3n) is 2.98. The van der Waals surface area contributed by atoms with Gasteiger partial charge in [0, 0.05) is 6.21 Å². The molecule has 0 N–H and O–H groups in total. The standard InChI is InChI=1S/C17H15NO4/c1-21-16(19)13-5-3-12(4-6-13)11-18-15-9-7-14(8-10-15)17(20)22-2/h3-11H,1-2H3. The Hall–Kier alpha value is -2.95. The molecule has 2 rings (SSSR count). The number of hydrogen-bond acceptors (Lipinski definition) is 5. The van der Waals surface area contributed by atoms with E-state index < -0.39 is 0 Å². The van der Waals surface area contributed by atoms with E-state index in [0.717, 1.165) is 5.56 Å². The van der Waals surface area contributed by atoms with Crippen molar-refractivity contribution in [3.8, 4) is 0 Å². The zero-order chi connectivity index (χ0) is 15.9. The van der Waals surface area contributed by atoms with Crippen LogP contribution in [0.15, 0.2) is 53.5 Å². The quantitative estimate of drug-likeness (QED) is 0.642. The normalized spacial score (nSPS) is 10.5. The van der Waals surface area contributed by atoms with Crippen LogP contribution in [-0.4, -0.2) is 32.4 Å². The van der Waals surface area contributed by atoms with Crippen LogP contribution in [0.2, 0.25) is 0 Å². The SMILES string of the molecule is COC(=O)c1ccc(C=Nc2ccc(C(=O)OC)cc2)cc1. The summed E-state index contributed by atoms with van der Waals surface area (Å²) in [7, 11) is 2.68. The molecule has 0 bridgehead atoms. The van der Waals surface area contributed by atoms with E-state index in [-0.39, 0.29) is 11.9 Å². The zero-order valence-electron chi connectivity index (χ0n) is 12.3. The molecule has 2 aromatic rings. The minimum atomic E-state index is -0.381. The Labute approximate surface area is 128 Å². The number of benzene rings is 2. The van der Waals surface area contributed by atoms with E-state index in [0.29, 0.717) is 16.8 Å². The Bertz CT molecular complexity index is 626. The third kappa shape index (κ3) is 3.79. The number of esters is 2. The summed E-state index contributed by atoms with van der Waals surface area (Å²) < 4.78 is 9.26. The second kappa shape index (κ2) is 7.17. The van der Waals surface area contributed by atoms with Crippen molar-refractivity contribution in [2.75, 3.05) is 14.2 Å². The van der Waals surface area contributed by atoms with E-state index in [1.54, 1.807) is 54.7 Å². The highest BCUT2D eigenvalue weighted by molar-refractivity contribution is 5.91. The number of aliphatic imine (C=N–C) groups is 1. The predicted octanol–water partition coefficient (Wildman–Crippen LogP) is 3.01. The van der Waals surface area contributed by atoms with Gasteiger partial charge in [-0.25, -0.2) is 9.59 Å². The number of nitrogens with zero attached hydrogens (tertiary/aromatic N) is 1. The summed E-state index contributed by atoms with van der Waals surface area (Å²) >= 11 is 0. The molecule has 0 aliphatic heterocycles. The van der Waals surface area contributed by atoms with Gasteiger partial charge in [0.15, 0.2) is 0 Å². The van der Waals surface area contributed by atoms with Gasteiger partial charge in [0.1, 0.15) is 0 Å². The Balaban J connectivity index is 2.08. The molecule has 5 nitrogen and oxygen atoms in total. The lowest BCUT2D eigenvalue weighted by Crippen LogP contribution is -2.00. The molecule has 0 saturated carbocycles. The summed E-state index contributed by atoms with van der Waals surface area (Å²) in [4.78, 5) is 26.9. The smallest absolute Gasteiger partial charge is 0.337 e. The van der Waals surface area contributed by atoms with Crippen molar-refractivity contribution in [3.63, 3.8) is 0 Å². The van der Waals surface area contributed by atoms with Crippen LogP contribution < -0.4 is 0 Å². The topological polar surface area (TPSA) is 65.0 Å². The van der Waals surface area contributed by atoms with Crippen molar-refractivity contribution in [3.05, 3.63) is 65.2 Å². The molecule has 0 unspecified atom stereocenters. The Morgan fingerprint density at radius 2 is 1.27 bits per heavy atom. The third-order valence-corrected chi connectivity index (χ3v) is 2.98. The van der Waals surface area contributed by atoms with Gasteiger partial charge in [-0.05, 0) is 42.0 Å². The van der Waals surface area contributed by atoms with E-state index in [2.05, 4.69) is 14.5 Å². The molecular formula is C17H15NO4. The predicted molar refractivity (Wildman–Crippen MR) is 82.8 cm³/mol. The molecule has 2 aromatic carbocycles. The van der Waals surface area contributed by atoms with Crippen molar-refractivity contribution in [1.29, 1.82) is 0 Å². The lowest BCUT2D eigenvalue weighted by molar-refractivity contribution is 0.0592. The minimum Gasteiger partial charge on any atom is -0.465 e. The van der Waals surface area contributed by atoms with Gasteiger partial charge in [0.25, 0.3) is 0 Å². The molecule has 22 heavy (non-hydrogen) atoms. The number of hydrogen-bond donors (Lipinski definition) is 0. The van der Waals surface area contributed by atoms with E-state index in [1.807, 2.05) is 0 Å². The number of carbonyl (C=O) groups excluding carboxylic acids is 2. The molecule has 0 saturated heterocycles. The molecule has 0 aliphatic rings. The van der Waals surface area contributed by atoms with Crippen LogP contribution >= 0.6 is 0 Å². The number of ether oxygens (including phenoxy) is 2.